The first kappa shape index (κ1) is 28.2. The summed E-state index contributed by atoms with van der Waals surface area (Å²) in [6.07, 6.45) is 1.78. The van der Waals surface area contributed by atoms with Crippen molar-refractivity contribution in [3.05, 3.63) is 117 Å². The fourth-order valence-electron chi connectivity index (χ4n) is 5.31. The van der Waals surface area contributed by atoms with Gasteiger partial charge >= 0.3 is 0 Å². The molecule has 0 saturated heterocycles. The van der Waals surface area contributed by atoms with Crippen LogP contribution in [0.1, 0.15) is 49.1 Å². The fourth-order valence-corrected chi connectivity index (χ4v) is 5.31. The van der Waals surface area contributed by atoms with Gasteiger partial charge in [-0.3, -0.25) is 14.7 Å². The van der Waals surface area contributed by atoms with E-state index in [1.165, 1.54) is 6.07 Å². The van der Waals surface area contributed by atoms with Crippen molar-refractivity contribution < 1.29 is 9.13 Å². The summed E-state index contributed by atoms with van der Waals surface area (Å²) in [5.41, 5.74) is 4.54. The highest BCUT2D eigenvalue weighted by atomic mass is 19.1. The van der Waals surface area contributed by atoms with Crippen LogP contribution in [0.4, 0.5) is 4.39 Å². The van der Waals surface area contributed by atoms with Gasteiger partial charge in [-0.2, -0.15) is 0 Å². The van der Waals surface area contributed by atoms with Crippen molar-refractivity contribution in [3.8, 4) is 16.9 Å². The topological polar surface area (TPSA) is 64.7 Å². The second-order valence-electron chi connectivity index (χ2n) is 11.5. The quantitative estimate of drug-likeness (QED) is 0.236. The van der Waals surface area contributed by atoms with Crippen molar-refractivity contribution in [2.45, 2.75) is 52.7 Å². The highest BCUT2D eigenvalue weighted by Crippen LogP contribution is 2.31. The van der Waals surface area contributed by atoms with E-state index >= 15 is 0 Å². The van der Waals surface area contributed by atoms with E-state index in [9.17, 15) is 9.18 Å². The normalized spacial score (nSPS) is 11.9. The average Bonchev–Trinajstić information content (AvgIpc) is 3.32. The smallest absolute Gasteiger partial charge is 0.267 e. The number of benzene rings is 2. The molecule has 0 atom stereocenters. The van der Waals surface area contributed by atoms with Crippen LogP contribution in [0.5, 0.6) is 5.75 Å². The lowest BCUT2D eigenvalue weighted by Crippen LogP contribution is -2.28. The van der Waals surface area contributed by atoms with Crippen molar-refractivity contribution in [1.82, 2.24) is 23.8 Å². The Kier molecular flexibility index (Phi) is 7.78. The minimum atomic E-state index is -0.348. The van der Waals surface area contributed by atoms with Gasteiger partial charge in [-0.15, -0.1) is 0 Å². The molecule has 2 aromatic carbocycles. The van der Waals surface area contributed by atoms with Gasteiger partial charge in [0, 0.05) is 36.0 Å². The van der Waals surface area contributed by atoms with Gasteiger partial charge in [0.1, 0.15) is 11.6 Å². The lowest BCUT2D eigenvalue weighted by atomic mass is 9.90. The number of hydrogen-bond donors (Lipinski definition) is 0. The van der Waals surface area contributed by atoms with Crippen molar-refractivity contribution in [2.24, 2.45) is 0 Å². The molecule has 0 aliphatic carbocycles. The summed E-state index contributed by atoms with van der Waals surface area (Å²) in [6.45, 7) is 9.49. The number of nitrogens with zero attached hydrogens (tertiary/aromatic N) is 5. The highest BCUT2D eigenvalue weighted by molar-refractivity contribution is 5.68. The fraction of sp³-hybridized carbons (Fsp3) is 0.303. The number of aromatic nitrogens is 4. The molecule has 0 unspecified atom stereocenters. The Morgan fingerprint density at radius 1 is 1.00 bits per heavy atom. The van der Waals surface area contributed by atoms with E-state index in [1.54, 1.807) is 29.8 Å². The van der Waals surface area contributed by atoms with E-state index in [0.29, 0.717) is 41.4 Å². The number of rotatable bonds is 8. The van der Waals surface area contributed by atoms with Gasteiger partial charge in [0.15, 0.2) is 0 Å². The van der Waals surface area contributed by atoms with E-state index in [-0.39, 0.29) is 23.3 Å². The Morgan fingerprint density at radius 3 is 2.44 bits per heavy atom. The Morgan fingerprint density at radius 2 is 1.76 bits per heavy atom. The molecule has 0 aliphatic heterocycles. The third kappa shape index (κ3) is 5.65. The number of methoxy groups -OCH3 is 1. The zero-order valence-corrected chi connectivity index (χ0v) is 24.5. The van der Waals surface area contributed by atoms with Crippen LogP contribution >= 0.6 is 0 Å². The highest BCUT2D eigenvalue weighted by Gasteiger charge is 2.29. The average molecular weight is 554 g/mol. The van der Waals surface area contributed by atoms with Gasteiger partial charge in [-0.1, -0.05) is 57.2 Å². The van der Waals surface area contributed by atoms with Crippen LogP contribution in [0.25, 0.3) is 16.9 Å². The van der Waals surface area contributed by atoms with Crippen LogP contribution in [0.2, 0.25) is 0 Å². The molecule has 0 saturated carbocycles. The van der Waals surface area contributed by atoms with E-state index in [4.69, 9.17) is 9.72 Å². The molecular formula is C33H36FN5O2. The summed E-state index contributed by atoms with van der Waals surface area (Å²) in [7, 11) is 3.61. The molecule has 0 N–H and O–H groups in total. The molecule has 0 fully saturated rings. The van der Waals surface area contributed by atoms with E-state index in [1.807, 2.05) is 67.1 Å². The molecule has 5 rings (SSSR count). The maximum atomic E-state index is 14.9. The first-order valence-corrected chi connectivity index (χ1v) is 13.7. The number of pyridine rings is 1. The number of fused-ring (bicyclic) bond motifs is 1. The van der Waals surface area contributed by atoms with Gasteiger partial charge in [-0.05, 0) is 49.9 Å². The van der Waals surface area contributed by atoms with Gasteiger partial charge in [0.2, 0.25) is 5.78 Å². The molecule has 3 aromatic heterocycles. The molecule has 7 nitrogen and oxygen atoms in total. The number of imidazole rings is 1. The summed E-state index contributed by atoms with van der Waals surface area (Å²) in [5, 5.41) is 0. The molecule has 8 heteroatoms. The summed E-state index contributed by atoms with van der Waals surface area (Å²) in [5.74, 6) is 0.844. The predicted molar refractivity (Wildman–Crippen MR) is 160 cm³/mol. The van der Waals surface area contributed by atoms with Gasteiger partial charge in [0.05, 0.1) is 36.3 Å². The van der Waals surface area contributed by atoms with Gasteiger partial charge in [0.25, 0.3) is 5.56 Å². The van der Waals surface area contributed by atoms with Crippen LogP contribution in [0, 0.1) is 12.7 Å². The maximum absolute atomic E-state index is 14.9. The largest absolute Gasteiger partial charge is 0.497 e. The first-order chi connectivity index (χ1) is 19.6. The zero-order chi connectivity index (χ0) is 29.3. The molecular weight excluding hydrogens is 517 g/mol. The molecule has 0 radical (unpaired) electrons. The van der Waals surface area contributed by atoms with E-state index < -0.39 is 0 Å². The van der Waals surface area contributed by atoms with E-state index in [2.05, 4.69) is 30.7 Å². The molecule has 0 aliphatic rings. The van der Waals surface area contributed by atoms with Gasteiger partial charge in [-0.25, -0.2) is 13.8 Å². The summed E-state index contributed by atoms with van der Waals surface area (Å²) >= 11 is 0. The standard InChI is InChI=1S/C33H36FN5O2/c1-22-29(23-13-11-15-26(18-23)41-6)31(40)39-28(21-37(5)20-25-14-9-10-17-35-25)30(33(2,3)4)36-32(39)38(22)19-24-12-7-8-16-27(24)34/h7-18H,19-21H2,1-6H3. The molecule has 41 heavy (non-hydrogen) atoms. The third-order valence-corrected chi connectivity index (χ3v) is 7.31. The Hall–Kier alpha value is -4.30. The van der Waals surface area contributed by atoms with Gasteiger partial charge < -0.3 is 9.30 Å². The minimum Gasteiger partial charge on any atom is -0.497 e. The number of ether oxygens (including phenoxy) is 1. The molecule has 212 valence electrons. The number of hydrogen-bond acceptors (Lipinski definition) is 5. The molecule has 5 aromatic rings. The second kappa shape index (κ2) is 11.3. The van der Waals surface area contributed by atoms with Crippen LogP contribution in [0.3, 0.4) is 0 Å². The first-order valence-electron chi connectivity index (χ1n) is 13.7. The van der Waals surface area contributed by atoms with Crippen LogP contribution in [-0.2, 0) is 25.0 Å². The molecule has 0 amide bonds. The van der Waals surface area contributed by atoms with Crippen molar-refractivity contribution in [1.29, 1.82) is 0 Å². The monoisotopic (exact) mass is 553 g/mol. The lowest BCUT2D eigenvalue weighted by molar-refractivity contribution is 0.306. The molecule has 3 heterocycles. The lowest BCUT2D eigenvalue weighted by Gasteiger charge is -2.22. The van der Waals surface area contributed by atoms with Crippen LogP contribution in [0.15, 0.2) is 77.7 Å². The third-order valence-electron chi connectivity index (χ3n) is 7.31. The Bertz CT molecular complexity index is 1750. The predicted octanol–water partition coefficient (Wildman–Crippen LogP) is 5.99. The molecule has 0 spiro atoms. The van der Waals surface area contributed by atoms with Crippen molar-refractivity contribution >= 4 is 5.78 Å². The Labute approximate surface area is 239 Å². The molecule has 0 bridgehead atoms. The second-order valence-corrected chi connectivity index (χ2v) is 11.5. The number of halogens is 1. The summed E-state index contributed by atoms with van der Waals surface area (Å²) in [4.78, 5) is 26.2. The zero-order valence-electron chi connectivity index (χ0n) is 24.5. The van der Waals surface area contributed by atoms with Crippen molar-refractivity contribution in [2.75, 3.05) is 14.2 Å². The SMILES string of the molecule is COc1cccc(-c2c(C)n(Cc3ccccc3F)c3nc(C(C)(C)C)c(CN(C)Cc4ccccn4)n3c2=O)c1. The maximum Gasteiger partial charge on any atom is 0.267 e. The summed E-state index contributed by atoms with van der Waals surface area (Å²) < 4.78 is 24.1. The van der Waals surface area contributed by atoms with E-state index in [0.717, 1.165) is 22.6 Å². The summed E-state index contributed by atoms with van der Waals surface area (Å²) in [6, 6.07) is 20.1. The Balaban J connectivity index is 1.78. The van der Waals surface area contributed by atoms with Crippen LogP contribution < -0.4 is 10.3 Å². The van der Waals surface area contributed by atoms with Crippen LogP contribution in [-0.4, -0.2) is 38.0 Å². The van der Waals surface area contributed by atoms with Crippen molar-refractivity contribution in [3.63, 3.8) is 0 Å². The minimum absolute atomic E-state index is 0.167.